The summed E-state index contributed by atoms with van der Waals surface area (Å²) in [6.45, 7) is 8.55. The summed E-state index contributed by atoms with van der Waals surface area (Å²) >= 11 is 0. The first-order valence-corrected chi connectivity index (χ1v) is 7.03. The van der Waals surface area contributed by atoms with Gasteiger partial charge in [-0.15, -0.1) is 0 Å². The highest BCUT2D eigenvalue weighted by molar-refractivity contribution is 5.79. The topological polar surface area (TPSA) is 55.1 Å². The molecule has 0 bridgehead atoms. The molecule has 3 nitrogen and oxygen atoms in total. The molecule has 1 aliphatic carbocycles. The van der Waals surface area contributed by atoms with Crippen molar-refractivity contribution in [1.29, 1.82) is 0 Å². The van der Waals surface area contributed by atoms with E-state index >= 15 is 0 Å². The van der Waals surface area contributed by atoms with Crippen molar-refractivity contribution in [3.63, 3.8) is 0 Å². The second-order valence-electron chi connectivity index (χ2n) is 5.74. The SMILES string of the molecule is CCC(C)C(C)NC(=O)C1CCCC(N)C1C. The summed E-state index contributed by atoms with van der Waals surface area (Å²) < 4.78 is 0. The van der Waals surface area contributed by atoms with E-state index in [0.29, 0.717) is 11.8 Å². The lowest BCUT2D eigenvalue weighted by Gasteiger charge is -2.34. The minimum atomic E-state index is 0.116. The first-order chi connectivity index (χ1) is 7.97. The van der Waals surface area contributed by atoms with E-state index in [-0.39, 0.29) is 23.9 Å². The number of carbonyl (C=O) groups excluding carboxylic acids is 1. The van der Waals surface area contributed by atoms with E-state index in [4.69, 9.17) is 5.73 Å². The number of amides is 1. The van der Waals surface area contributed by atoms with Crippen molar-refractivity contribution in [3.05, 3.63) is 0 Å². The summed E-state index contributed by atoms with van der Waals surface area (Å²) in [7, 11) is 0. The maximum atomic E-state index is 12.2. The molecule has 1 saturated carbocycles. The Bertz CT molecular complexity index is 255. The summed E-state index contributed by atoms with van der Waals surface area (Å²) in [5.74, 6) is 1.17. The third kappa shape index (κ3) is 3.70. The largest absolute Gasteiger partial charge is 0.353 e. The summed E-state index contributed by atoms with van der Waals surface area (Å²) in [6.07, 6.45) is 4.24. The van der Waals surface area contributed by atoms with Crippen LogP contribution >= 0.6 is 0 Å². The van der Waals surface area contributed by atoms with Gasteiger partial charge in [0.05, 0.1) is 0 Å². The van der Waals surface area contributed by atoms with Crippen LogP contribution in [0.1, 0.15) is 53.4 Å². The second-order valence-corrected chi connectivity index (χ2v) is 5.74. The van der Waals surface area contributed by atoms with Gasteiger partial charge in [0.15, 0.2) is 0 Å². The Kier molecular flexibility index (Phi) is 5.44. The van der Waals surface area contributed by atoms with Crippen LogP contribution in [0.2, 0.25) is 0 Å². The van der Waals surface area contributed by atoms with Crippen molar-refractivity contribution in [2.75, 3.05) is 0 Å². The van der Waals surface area contributed by atoms with Crippen LogP contribution in [0.5, 0.6) is 0 Å². The highest BCUT2D eigenvalue weighted by atomic mass is 16.2. The standard InChI is InChI=1S/C14H28N2O/c1-5-9(2)11(4)16-14(17)12-7-6-8-13(15)10(12)3/h9-13H,5-8,15H2,1-4H3,(H,16,17). The second kappa shape index (κ2) is 6.39. The highest BCUT2D eigenvalue weighted by Gasteiger charge is 2.33. The Balaban J connectivity index is 2.51. The molecule has 1 rings (SSSR count). The summed E-state index contributed by atoms with van der Waals surface area (Å²) in [6, 6.07) is 0.455. The van der Waals surface area contributed by atoms with Gasteiger partial charge in [0.1, 0.15) is 0 Å². The summed E-state index contributed by atoms with van der Waals surface area (Å²) in [4.78, 5) is 12.2. The zero-order chi connectivity index (χ0) is 13.0. The van der Waals surface area contributed by atoms with Gasteiger partial charge in [-0.05, 0) is 31.6 Å². The van der Waals surface area contributed by atoms with Gasteiger partial charge in [0.2, 0.25) is 5.91 Å². The van der Waals surface area contributed by atoms with E-state index in [1.54, 1.807) is 0 Å². The average Bonchev–Trinajstić information content (AvgIpc) is 2.31. The molecule has 0 saturated heterocycles. The Hall–Kier alpha value is -0.570. The lowest BCUT2D eigenvalue weighted by atomic mass is 9.76. The molecule has 1 aliphatic rings. The number of hydrogen-bond acceptors (Lipinski definition) is 2. The third-order valence-corrected chi connectivity index (χ3v) is 4.57. The average molecular weight is 240 g/mol. The van der Waals surface area contributed by atoms with E-state index in [0.717, 1.165) is 25.7 Å². The number of carbonyl (C=O) groups is 1. The molecule has 1 amide bonds. The molecule has 3 heteroatoms. The van der Waals surface area contributed by atoms with E-state index in [1.807, 2.05) is 0 Å². The van der Waals surface area contributed by atoms with Gasteiger partial charge in [0.25, 0.3) is 0 Å². The monoisotopic (exact) mass is 240 g/mol. The van der Waals surface area contributed by atoms with Crippen LogP contribution in [0.15, 0.2) is 0 Å². The predicted octanol–water partition coefficient (Wildman–Crippen LogP) is 2.30. The van der Waals surface area contributed by atoms with Gasteiger partial charge in [0, 0.05) is 18.0 Å². The number of nitrogens with two attached hydrogens (primary N) is 1. The minimum Gasteiger partial charge on any atom is -0.353 e. The van der Waals surface area contributed by atoms with Crippen molar-refractivity contribution in [2.24, 2.45) is 23.5 Å². The molecule has 0 aromatic rings. The van der Waals surface area contributed by atoms with Crippen molar-refractivity contribution >= 4 is 5.91 Å². The molecule has 3 N–H and O–H groups in total. The van der Waals surface area contributed by atoms with Crippen LogP contribution in [-0.2, 0) is 4.79 Å². The lowest BCUT2D eigenvalue weighted by molar-refractivity contribution is -0.128. The first-order valence-electron chi connectivity index (χ1n) is 7.03. The molecular formula is C14H28N2O. The van der Waals surface area contributed by atoms with Crippen molar-refractivity contribution in [3.8, 4) is 0 Å². The number of nitrogens with one attached hydrogen (secondary N) is 1. The van der Waals surface area contributed by atoms with Crippen molar-refractivity contribution in [2.45, 2.75) is 65.5 Å². The molecule has 1 fully saturated rings. The molecular weight excluding hydrogens is 212 g/mol. The van der Waals surface area contributed by atoms with Gasteiger partial charge >= 0.3 is 0 Å². The number of hydrogen-bond donors (Lipinski definition) is 2. The predicted molar refractivity (Wildman–Crippen MR) is 71.5 cm³/mol. The van der Waals surface area contributed by atoms with Crippen molar-refractivity contribution in [1.82, 2.24) is 5.32 Å². The Morgan fingerprint density at radius 1 is 1.41 bits per heavy atom. The van der Waals surface area contributed by atoms with Crippen LogP contribution in [0, 0.1) is 17.8 Å². The fraction of sp³-hybridized carbons (Fsp3) is 0.929. The highest BCUT2D eigenvalue weighted by Crippen LogP contribution is 2.29. The Labute approximate surface area is 106 Å². The molecule has 5 unspecified atom stereocenters. The zero-order valence-corrected chi connectivity index (χ0v) is 11.7. The van der Waals surface area contributed by atoms with Gasteiger partial charge in [-0.25, -0.2) is 0 Å². The zero-order valence-electron chi connectivity index (χ0n) is 11.7. The quantitative estimate of drug-likeness (QED) is 0.792. The fourth-order valence-electron chi connectivity index (χ4n) is 2.59. The third-order valence-electron chi connectivity index (χ3n) is 4.57. The van der Waals surface area contributed by atoms with Crippen LogP contribution in [0.4, 0.5) is 0 Å². The Morgan fingerprint density at radius 2 is 2.06 bits per heavy atom. The van der Waals surface area contributed by atoms with Gasteiger partial charge in [-0.1, -0.05) is 33.6 Å². The molecule has 5 atom stereocenters. The van der Waals surface area contributed by atoms with Crippen LogP contribution < -0.4 is 11.1 Å². The molecule has 0 aliphatic heterocycles. The summed E-state index contributed by atoms with van der Waals surface area (Å²) in [5.41, 5.74) is 6.04. The first kappa shape index (κ1) is 14.5. The number of rotatable bonds is 4. The van der Waals surface area contributed by atoms with Crippen molar-refractivity contribution < 1.29 is 4.79 Å². The Morgan fingerprint density at radius 3 is 2.65 bits per heavy atom. The van der Waals surface area contributed by atoms with E-state index in [2.05, 4.69) is 33.0 Å². The van der Waals surface area contributed by atoms with Gasteiger partial charge in [-0.2, -0.15) is 0 Å². The van der Waals surface area contributed by atoms with Gasteiger partial charge < -0.3 is 11.1 Å². The summed E-state index contributed by atoms with van der Waals surface area (Å²) in [5, 5.41) is 3.16. The van der Waals surface area contributed by atoms with Crippen LogP contribution in [0.3, 0.4) is 0 Å². The molecule has 0 aromatic carbocycles. The lowest BCUT2D eigenvalue weighted by Crippen LogP contribution is -2.47. The maximum absolute atomic E-state index is 12.2. The fourth-order valence-corrected chi connectivity index (χ4v) is 2.59. The van der Waals surface area contributed by atoms with E-state index in [9.17, 15) is 4.79 Å². The van der Waals surface area contributed by atoms with Crippen LogP contribution in [-0.4, -0.2) is 18.0 Å². The minimum absolute atomic E-state index is 0.116. The molecule has 0 radical (unpaired) electrons. The molecule has 100 valence electrons. The van der Waals surface area contributed by atoms with E-state index in [1.165, 1.54) is 0 Å². The molecule has 17 heavy (non-hydrogen) atoms. The maximum Gasteiger partial charge on any atom is 0.223 e. The molecule has 0 aromatic heterocycles. The molecule has 0 spiro atoms. The molecule has 0 heterocycles. The van der Waals surface area contributed by atoms with E-state index < -0.39 is 0 Å². The van der Waals surface area contributed by atoms with Crippen LogP contribution in [0.25, 0.3) is 0 Å². The normalized spacial score (nSPS) is 32.9. The smallest absolute Gasteiger partial charge is 0.223 e. The van der Waals surface area contributed by atoms with Gasteiger partial charge in [-0.3, -0.25) is 4.79 Å².